The second-order valence-corrected chi connectivity index (χ2v) is 7.08. The highest BCUT2D eigenvalue weighted by Gasteiger charge is 2.39. The van der Waals surface area contributed by atoms with Gasteiger partial charge in [0.25, 0.3) is 0 Å². The van der Waals surface area contributed by atoms with Crippen LogP contribution < -0.4 is 5.73 Å². The Morgan fingerprint density at radius 3 is 2.95 bits per heavy atom. The zero-order chi connectivity index (χ0) is 15.9. The molecule has 0 aliphatic carbocycles. The number of nitrogens with two attached hydrogens (primary N) is 1. The van der Waals surface area contributed by atoms with Crippen molar-refractivity contribution in [2.75, 3.05) is 19.0 Å². The van der Waals surface area contributed by atoms with E-state index in [0.29, 0.717) is 17.6 Å². The van der Waals surface area contributed by atoms with Crippen LogP contribution in [0.1, 0.15) is 12.6 Å². The van der Waals surface area contributed by atoms with Crippen LogP contribution in [0.5, 0.6) is 0 Å². The molecule has 2 aromatic heterocycles. The molecule has 1 aliphatic rings. The fourth-order valence-electron chi connectivity index (χ4n) is 2.33. The minimum atomic E-state index is -3.37. The number of anilines is 1. The van der Waals surface area contributed by atoms with Gasteiger partial charge in [-0.15, -0.1) is 0 Å². The maximum absolute atomic E-state index is 10.0. The molecule has 1 saturated heterocycles. The number of fused-ring (bicyclic) bond motifs is 1. The molecule has 0 amide bonds. The Balaban J connectivity index is 1.77. The van der Waals surface area contributed by atoms with Gasteiger partial charge in [0.1, 0.15) is 37.4 Å². The monoisotopic (exact) mass is 330 g/mol. The standard InChI is InChI=1S/C11H17N5O5P/c1-22(18,19)20-3-7-6(17)2-8(21-7)16-5-15-9-10(12)13-4-14-11(9)16/h4-8,17-19H,2-3H2,1H3,(H2,12,13,14)/q+1/t6?,7-,8-/m1/s1. The smallest absolute Gasteiger partial charge is 0.390 e. The van der Waals surface area contributed by atoms with Crippen molar-refractivity contribution >= 4 is 24.9 Å². The summed E-state index contributed by atoms with van der Waals surface area (Å²) in [5.41, 5.74) is 6.70. The average molecular weight is 330 g/mol. The van der Waals surface area contributed by atoms with E-state index in [1.165, 1.54) is 19.3 Å². The van der Waals surface area contributed by atoms with Gasteiger partial charge in [-0.25, -0.2) is 15.0 Å². The molecule has 1 unspecified atom stereocenters. The number of nitrogen functional groups attached to an aromatic ring is 1. The van der Waals surface area contributed by atoms with Gasteiger partial charge in [0.15, 0.2) is 11.5 Å². The Morgan fingerprint density at radius 1 is 1.45 bits per heavy atom. The highest BCUT2D eigenvalue weighted by Crippen LogP contribution is 2.47. The SMILES string of the molecule is C[P+](O)(O)OC[C@H]1O[C@@H](n2cnc3c(N)ncnc32)CC1O. The molecule has 120 valence electrons. The Kier molecular flexibility index (Phi) is 3.98. The van der Waals surface area contributed by atoms with Gasteiger partial charge in [-0.2, -0.15) is 14.3 Å². The van der Waals surface area contributed by atoms with Crippen LogP contribution in [0.15, 0.2) is 12.7 Å². The van der Waals surface area contributed by atoms with Crippen molar-refractivity contribution in [2.24, 2.45) is 0 Å². The van der Waals surface area contributed by atoms with Crippen LogP contribution in [0.4, 0.5) is 5.82 Å². The Morgan fingerprint density at radius 2 is 2.23 bits per heavy atom. The first-order valence-electron chi connectivity index (χ1n) is 6.58. The maximum Gasteiger partial charge on any atom is 0.403 e. The summed E-state index contributed by atoms with van der Waals surface area (Å²) in [4.78, 5) is 30.6. The van der Waals surface area contributed by atoms with Gasteiger partial charge >= 0.3 is 7.94 Å². The van der Waals surface area contributed by atoms with Crippen LogP contribution in [-0.4, -0.2) is 59.9 Å². The van der Waals surface area contributed by atoms with Gasteiger partial charge in [-0.05, 0) is 0 Å². The summed E-state index contributed by atoms with van der Waals surface area (Å²) in [6.07, 6.45) is 1.19. The van der Waals surface area contributed by atoms with Gasteiger partial charge < -0.3 is 15.6 Å². The third-order valence-electron chi connectivity index (χ3n) is 3.38. The molecular weight excluding hydrogens is 313 g/mol. The van der Waals surface area contributed by atoms with E-state index in [1.807, 2.05) is 0 Å². The third kappa shape index (κ3) is 3.02. The van der Waals surface area contributed by atoms with Gasteiger partial charge in [-0.1, -0.05) is 0 Å². The van der Waals surface area contributed by atoms with Crippen molar-refractivity contribution in [3.05, 3.63) is 12.7 Å². The number of rotatable bonds is 4. The van der Waals surface area contributed by atoms with E-state index in [4.69, 9.17) is 15.0 Å². The van der Waals surface area contributed by atoms with E-state index in [9.17, 15) is 14.9 Å². The first-order chi connectivity index (χ1) is 10.3. The summed E-state index contributed by atoms with van der Waals surface area (Å²) in [6.45, 7) is 1.08. The zero-order valence-electron chi connectivity index (χ0n) is 11.8. The number of nitrogens with zero attached hydrogens (tertiary/aromatic N) is 4. The minimum absolute atomic E-state index is 0.112. The number of hydrogen-bond acceptors (Lipinski definition) is 9. The molecule has 11 heteroatoms. The first-order valence-corrected chi connectivity index (χ1v) is 8.64. The number of aliphatic hydroxyl groups is 1. The molecule has 0 aromatic carbocycles. The predicted octanol–water partition coefficient (Wildman–Crippen LogP) is -0.550. The Bertz CT molecular complexity index is 674. The van der Waals surface area contributed by atoms with E-state index >= 15 is 0 Å². The molecule has 0 spiro atoms. The van der Waals surface area contributed by atoms with E-state index in [1.54, 1.807) is 4.57 Å². The molecule has 0 radical (unpaired) electrons. The summed E-state index contributed by atoms with van der Waals surface area (Å²) in [5, 5.41) is 10.0. The Labute approximate surface area is 126 Å². The lowest BCUT2D eigenvalue weighted by atomic mass is 10.2. The summed E-state index contributed by atoms with van der Waals surface area (Å²) in [5.74, 6) is 0.267. The second-order valence-electron chi connectivity index (χ2n) is 5.15. The maximum atomic E-state index is 10.0. The fraction of sp³-hybridized carbons (Fsp3) is 0.545. The summed E-state index contributed by atoms with van der Waals surface area (Å²) in [7, 11) is -3.37. The molecule has 22 heavy (non-hydrogen) atoms. The van der Waals surface area contributed by atoms with Crippen molar-refractivity contribution in [1.29, 1.82) is 0 Å². The lowest BCUT2D eigenvalue weighted by Gasteiger charge is -2.15. The normalized spacial score (nSPS) is 25.9. The summed E-state index contributed by atoms with van der Waals surface area (Å²) in [6, 6.07) is 0. The fourth-order valence-corrected chi connectivity index (χ4v) is 2.76. The van der Waals surface area contributed by atoms with Gasteiger partial charge in [0.05, 0.1) is 12.4 Å². The molecule has 1 aliphatic heterocycles. The van der Waals surface area contributed by atoms with Gasteiger partial charge in [0.2, 0.25) is 0 Å². The number of aromatic nitrogens is 4. The number of aliphatic hydroxyl groups excluding tert-OH is 1. The zero-order valence-corrected chi connectivity index (χ0v) is 12.7. The molecule has 3 rings (SSSR count). The molecule has 5 N–H and O–H groups in total. The second kappa shape index (κ2) is 5.65. The number of ether oxygens (including phenoxy) is 1. The molecule has 2 aromatic rings. The number of imidazole rings is 1. The first kappa shape index (κ1) is 15.5. The molecule has 0 bridgehead atoms. The quantitative estimate of drug-likeness (QED) is 0.542. The van der Waals surface area contributed by atoms with Crippen LogP contribution >= 0.6 is 7.94 Å². The molecule has 1 fully saturated rings. The van der Waals surface area contributed by atoms with Crippen LogP contribution in [0, 0.1) is 0 Å². The van der Waals surface area contributed by atoms with Crippen LogP contribution in [0.3, 0.4) is 0 Å². The van der Waals surface area contributed by atoms with Crippen molar-refractivity contribution in [2.45, 2.75) is 24.9 Å². The van der Waals surface area contributed by atoms with Gasteiger partial charge in [0, 0.05) is 6.42 Å². The predicted molar refractivity (Wildman–Crippen MR) is 77.5 cm³/mol. The van der Waals surface area contributed by atoms with E-state index < -0.39 is 26.4 Å². The van der Waals surface area contributed by atoms with E-state index in [2.05, 4.69) is 15.0 Å². The van der Waals surface area contributed by atoms with Gasteiger partial charge in [-0.3, -0.25) is 4.57 Å². The van der Waals surface area contributed by atoms with E-state index in [-0.39, 0.29) is 12.4 Å². The van der Waals surface area contributed by atoms with Crippen LogP contribution in [0.2, 0.25) is 0 Å². The molecule has 3 atom stereocenters. The largest absolute Gasteiger partial charge is 0.403 e. The average Bonchev–Trinajstić information content (AvgIpc) is 3.00. The van der Waals surface area contributed by atoms with E-state index in [0.717, 1.165) is 0 Å². The molecule has 0 saturated carbocycles. The summed E-state index contributed by atoms with van der Waals surface area (Å²) < 4.78 is 12.3. The topological polar surface area (TPSA) is 149 Å². The number of hydrogen-bond donors (Lipinski definition) is 4. The highest BCUT2D eigenvalue weighted by molar-refractivity contribution is 7.58. The minimum Gasteiger partial charge on any atom is -0.390 e. The Hall–Kier alpha value is -1.42. The lowest BCUT2D eigenvalue weighted by Crippen LogP contribution is -2.26. The summed E-state index contributed by atoms with van der Waals surface area (Å²) >= 11 is 0. The molecular formula is C11H17N5O5P+. The third-order valence-corrected chi connectivity index (χ3v) is 4.02. The van der Waals surface area contributed by atoms with Crippen molar-refractivity contribution in [3.8, 4) is 0 Å². The highest BCUT2D eigenvalue weighted by atomic mass is 31.2. The van der Waals surface area contributed by atoms with Crippen LogP contribution in [-0.2, 0) is 9.26 Å². The van der Waals surface area contributed by atoms with Crippen LogP contribution in [0.25, 0.3) is 11.2 Å². The van der Waals surface area contributed by atoms with Crippen molar-refractivity contribution in [3.63, 3.8) is 0 Å². The molecule has 3 heterocycles. The lowest BCUT2D eigenvalue weighted by molar-refractivity contribution is -0.0410. The van der Waals surface area contributed by atoms with Crippen molar-refractivity contribution in [1.82, 2.24) is 19.5 Å². The van der Waals surface area contributed by atoms with Crippen molar-refractivity contribution < 1.29 is 24.2 Å². The molecule has 10 nitrogen and oxygen atoms in total.